The first kappa shape index (κ1) is 24.4. The van der Waals surface area contributed by atoms with E-state index < -0.39 is 17.7 Å². The van der Waals surface area contributed by atoms with E-state index in [1.807, 2.05) is 4.90 Å². The Morgan fingerprint density at radius 2 is 1.83 bits per heavy atom. The molecule has 2 aliphatic rings. The first-order chi connectivity index (χ1) is 17.1. The fourth-order valence-corrected chi connectivity index (χ4v) is 5.19. The van der Waals surface area contributed by atoms with Gasteiger partial charge in [-0.2, -0.15) is 18.3 Å². The Kier molecular flexibility index (Phi) is 6.28. The van der Waals surface area contributed by atoms with Gasteiger partial charge in [-0.25, -0.2) is 4.79 Å². The zero-order valence-corrected chi connectivity index (χ0v) is 19.9. The molecule has 0 bridgehead atoms. The summed E-state index contributed by atoms with van der Waals surface area (Å²) in [5.74, 6) is -1.25. The number of carboxylic acids is 1. The molecule has 1 N–H and O–H groups in total. The number of halogens is 4. The van der Waals surface area contributed by atoms with E-state index in [-0.39, 0.29) is 34.5 Å². The van der Waals surface area contributed by atoms with Crippen LogP contribution in [0.1, 0.15) is 45.6 Å². The van der Waals surface area contributed by atoms with Crippen molar-refractivity contribution in [3.8, 4) is 11.3 Å². The minimum absolute atomic E-state index is 0.00884. The zero-order chi connectivity index (χ0) is 25.6. The molecule has 1 aliphatic carbocycles. The molecule has 1 aromatic heterocycles. The number of hydrogen-bond acceptors (Lipinski definition) is 3. The second kappa shape index (κ2) is 9.28. The van der Waals surface area contributed by atoms with Gasteiger partial charge in [-0.3, -0.25) is 9.48 Å². The van der Waals surface area contributed by atoms with E-state index in [1.54, 1.807) is 12.1 Å². The Bertz CT molecular complexity index is 1330. The van der Waals surface area contributed by atoms with Crippen molar-refractivity contribution in [2.75, 3.05) is 13.1 Å². The first-order valence-corrected chi connectivity index (χ1v) is 12.1. The summed E-state index contributed by atoms with van der Waals surface area (Å²) in [6.07, 6.45) is -2.07. The van der Waals surface area contributed by atoms with Gasteiger partial charge in [0.25, 0.3) is 0 Å². The third-order valence-electron chi connectivity index (χ3n) is 7.00. The van der Waals surface area contributed by atoms with Crippen molar-refractivity contribution >= 4 is 23.5 Å². The van der Waals surface area contributed by atoms with Gasteiger partial charge >= 0.3 is 12.1 Å². The Morgan fingerprint density at radius 3 is 2.44 bits per heavy atom. The second-order valence-electron chi connectivity index (χ2n) is 9.20. The van der Waals surface area contributed by atoms with Crippen molar-refractivity contribution in [1.29, 1.82) is 0 Å². The highest BCUT2D eigenvalue weighted by Gasteiger charge is 2.37. The first-order valence-electron chi connectivity index (χ1n) is 11.7. The molecule has 6 nitrogen and oxygen atoms in total. The molecule has 1 unspecified atom stereocenters. The Labute approximate surface area is 210 Å². The molecule has 0 spiro atoms. The minimum Gasteiger partial charge on any atom is -0.478 e. The van der Waals surface area contributed by atoms with Gasteiger partial charge in [0.1, 0.15) is 0 Å². The van der Waals surface area contributed by atoms with Crippen molar-refractivity contribution in [2.45, 2.75) is 38.4 Å². The Morgan fingerprint density at radius 1 is 1.11 bits per heavy atom. The Balaban J connectivity index is 1.57. The van der Waals surface area contributed by atoms with E-state index in [0.717, 1.165) is 31.1 Å². The van der Waals surface area contributed by atoms with Crippen LogP contribution in [0.2, 0.25) is 5.02 Å². The number of benzene rings is 2. The van der Waals surface area contributed by atoms with Crippen molar-refractivity contribution < 1.29 is 27.9 Å². The van der Waals surface area contributed by atoms with Gasteiger partial charge in [0.15, 0.2) is 0 Å². The van der Waals surface area contributed by atoms with Crippen LogP contribution in [0, 0.1) is 5.92 Å². The van der Waals surface area contributed by atoms with Crippen molar-refractivity contribution in [1.82, 2.24) is 14.7 Å². The summed E-state index contributed by atoms with van der Waals surface area (Å²) >= 11 is 6.23. The summed E-state index contributed by atoms with van der Waals surface area (Å²) in [6.45, 7) is 1.27. The SMILES string of the molecule is O=C(O)c1ccc(-c2nn(Cc3c(Cl)cccc3C(F)(F)F)c3c2CCC(C(=O)N2CCC2)C3)cc1. The number of likely N-dealkylation sites (tertiary alicyclic amines) is 1. The fraction of sp³-hybridized carbons (Fsp3) is 0.346. The topological polar surface area (TPSA) is 75.4 Å². The predicted octanol–water partition coefficient (Wildman–Crippen LogP) is 5.31. The number of carbonyl (C=O) groups is 2. The van der Waals surface area contributed by atoms with Crippen molar-refractivity contribution in [2.24, 2.45) is 5.92 Å². The van der Waals surface area contributed by atoms with E-state index >= 15 is 0 Å². The van der Waals surface area contributed by atoms with E-state index in [4.69, 9.17) is 11.6 Å². The molecule has 5 rings (SSSR count). The highest BCUT2D eigenvalue weighted by molar-refractivity contribution is 6.31. The van der Waals surface area contributed by atoms with E-state index in [9.17, 15) is 27.9 Å². The number of fused-ring (bicyclic) bond motifs is 1. The largest absolute Gasteiger partial charge is 0.478 e. The van der Waals surface area contributed by atoms with E-state index in [2.05, 4.69) is 5.10 Å². The molecule has 188 valence electrons. The number of nitrogens with zero attached hydrogens (tertiary/aromatic N) is 3. The third-order valence-corrected chi connectivity index (χ3v) is 7.36. The summed E-state index contributed by atoms with van der Waals surface area (Å²) in [6, 6.07) is 9.91. The molecule has 1 saturated heterocycles. The van der Waals surface area contributed by atoms with Crippen LogP contribution < -0.4 is 0 Å². The lowest BCUT2D eigenvalue weighted by Gasteiger charge is -2.35. The maximum atomic E-state index is 13.8. The monoisotopic (exact) mass is 517 g/mol. The maximum absolute atomic E-state index is 13.8. The number of aromatic carboxylic acids is 1. The van der Waals surface area contributed by atoms with Crippen molar-refractivity contribution in [3.63, 3.8) is 0 Å². The number of carboxylic acid groups (broad SMARTS) is 1. The van der Waals surface area contributed by atoms with Crippen molar-refractivity contribution in [3.05, 3.63) is 75.4 Å². The maximum Gasteiger partial charge on any atom is 0.416 e. The third kappa shape index (κ3) is 4.48. The summed E-state index contributed by atoms with van der Waals surface area (Å²) < 4.78 is 42.8. The molecule has 3 aromatic rings. The van der Waals surface area contributed by atoms with Gasteiger partial charge in [-0.05, 0) is 43.5 Å². The number of alkyl halides is 3. The summed E-state index contributed by atoms with van der Waals surface area (Å²) in [5, 5.41) is 13.9. The highest BCUT2D eigenvalue weighted by Crippen LogP contribution is 2.38. The van der Waals surface area contributed by atoms with Crippen LogP contribution in [0.3, 0.4) is 0 Å². The lowest BCUT2D eigenvalue weighted by Crippen LogP contribution is -2.46. The molecule has 36 heavy (non-hydrogen) atoms. The highest BCUT2D eigenvalue weighted by atomic mass is 35.5. The summed E-state index contributed by atoms with van der Waals surface area (Å²) in [7, 11) is 0. The van der Waals surface area contributed by atoms with Gasteiger partial charge in [0.2, 0.25) is 5.91 Å². The molecule has 1 aliphatic heterocycles. The lowest BCUT2D eigenvalue weighted by molar-refractivity contribution is -0.139. The molecule has 1 fully saturated rings. The molecule has 0 radical (unpaired) electrons. The standard InChI is InChI=1S/C26H23ClF3N3O3/c27-21-4-1-3-20(26(28,29)30)19(21)14-33-22-13-17(24(34)32-11-2-12-32)9-10-18(22)23(31-33)15-5-7-16(8-6-15)25(35)36/h1,3-8,17H,2,9-14H2,(H,35,36). The van der Waals surface area contributed by atoms with Crippen LogP contribution in [0.4, 0.5) is 13.2 Å². The lowest BCUT2D eigenvalue weighted by atomic mass is 9.84. The summed E-state index contributed by atoms with van der Waals surface area (Å²) in [4.78, 5) is 26.0. The molecule has 10 heteroatoms. The van der Waals surface area contributed by atoms with Gasteiger partial charge in [0, 0.05) is 52.8 Å². The van der Waals surface area contributed by atoms with Gasteiger partial charge < -0.3 is 10.0 Å². The van der Waals surface area contributed by atoms with Crippen LogP contribution in [0.15, 0.2) is 42.5 Å². The normalized spacial score (nSPS) is 17.4. The van der Waals surface area contributed by atoms with E-state index in [0.29, 0.717) is 36.2 Å². The van der Waals surface area contributed by atoms with Gasteiger partial charge in [0.05, 0.1) is 23.4 Å². The van der Waals surface area contributed by atoms with Crippen LogP contribution in [-0.4, -0.2) is 44.8 Å². The molecule has 2 heterocycles. The molecule has 2 aromatic carbocycles. The number of hydrogen-bond donors (Lipinski definition) is 1. The molecular formula is C26H23ClF3N3O3. The average Bonchev–Trinajstić information content (AvgIpc) is 3.16. The second-order valence-corrected chi connectivity index (χ2v) is 9.60. The fourth-order valence-electron chi connectivity index (χ4n) is 4.95. The predicted molar refractivity (Wildman–Crippen MR) is 127 cm³/mol. The quantitative estimate of drug-likeness (QED) is 0.498. The van der Waals surface area contributed by atoms with Gasteiger partial charge in [-0.1, -0.05) is 29.8 Å². The number of rotatable bonds is 5. The molecule has 1 atom stereocenters. The van der Waals surface area contributed by atoms with Crippen LogP contribution in [0.5, 0.6) is 0 Å². The van der Waals surface area contributed by atoms with Crippen LogP contribution in [-0.2, 0) is 30.4 Å². The molecule has 0 saturated carbocycles. The average molecular weight is 518 g/mol. The number of carbonyl (C=O) groups excluding carboxylic acids is 1. The Hall–Kier alpha value is -3.33. The smallest absolute Gasteiger partial charge is 0.416 e. The number of amides is 1. The molecular weight excluding hydrogens is 495 g/mol. The van der Waals surface area contributed by atoms with Crippen LogP contribution >= 0.6 is 11.6 Å². The zero-order valence-electron chi connectivity index (χ0n) is 19.2. The van der Waals surface area contributed by atoms with Crippen LogP contribution in [0.25, 0.3) is 11.3 Å². The minimum atomic E-state index is -4.58. The van der Waals surface area contributed by atoms with E-state index in [1.165, 1.54) is 28.9 Å². The molecule has 1 amide bonds. The number of aromatic nitrogens is 2. The summed E-state index contributed by atoms with van der Waals surface area (Å²) in [5.41, 5.74) is 2.04. The van der Waals surface area contributed by atoms with Gasteiger partial charge in [-0.15, -0.1) is 0 Å².